The molecule has 1 fully saturated rings. The first-order valence-corrected chi connectivity index (χ1v) is 6.08. The van der Waals surface area contributed by atoms with E-state index in [0.717, 1.165) is 5.56 Å². The van der Waals surface area contributed by atoms with E-state index in [0.29, 0.717) is 30.9 Å². The maximum Gasteiger partial charge on any atom is 0.335 e. The molecule has 19 heavy (non-hydrogen) atoms. The van der Waals surface area contributed by atoms with E-state index in [-0.39, 0.29) is 17.4 Å². The van der Waals surface area contributed by atoms with Gasteiger partial charge in [0.1, 0.15) is 0 Å². The Morgan fingerprint density at radius 2 is 2.21 bits per heavy atom. The molecule has 0 saturated carbocycles. The van der Waals surface area contributed by atoms with Crippen molar-refractivity contribution in [1.29, 1.82) is 0 Å². The van der Waals surface area contributed by atoms with Crippen molar-refractivity contribution in [3.63, 3.8) is 0 Å². The minimum absolute atomic E-state index is 0.0412. The van der Waals surface area contributed by atoms with E-state index in [9.17, 15) is 9.59 Å². The summed E-state index contributed by atoms with van der Waals surface area (Å²) < 4.78 is 0. The monoisotopic (exact) mass is 263 g/mol. The molecular formula is C13H17N3O3. The molecule has 2 rings (SSSR count). The highest BCUT2D eigenvalue weighted by atomic mass is 16.4. The zero-order valence-corrected chi connectivity index (χ0v) is 10.7. The second-order valence-corrected chi connectivity index (χ2v) is 4.82. The summed E-state index contributed by atoms with van der Waals surface area (Å²) in [5.41, 5.74) is 13.1. The second-order valence-electron chi connectivity index (χ2n) is 4.82. The number of carbonyl (C=O) groups excluding carboxylic acids is 1. The lowest BCUT2D eigenvalue weighted by Crippen LogP contribution is -2.27. The number of hydrogen-bond donors (Lipinski definition) is 3. The molecule has 102 valence electrons. The molecule has 0 spiro atoms. The number of carboxylic acid groups (broad SMARTS) is 1. The van der Waals surface area contributed by atoms with Crippen LogP contribution < -0.4 is 16.4 Å². The Labute approximate surface area is 111 Å². The standard InChI is InChI=1S/C13H17N3O3/c1-7-10(15)3-9(13(18)19)4-11(7)16-6-8(5-14)2-12(16)17/h3-4,8H,2,5-6,14-15H2,1H3,(H,18,19). The summed E-state index contributed by atoms with van der Waals surface area (Å²) in [6.07, 6.45) is 0.396. The predicted octanol–water partition coefficient (Wildman–Crippen LogP) is 0.587. The van der Waals surface area contributed by atoms with Gasteiger partial charge in [0.2, 0.25) is 5.91 Å². The Morgan fingerprint density at radius 1 is 1.53 bits per heavy atom. The number of anilines is 2. The normalized spacial score (nSPS) is 18.9. The first-order chi connectivity index (χ1) is 8.93. The summed E-state index contributed by atoms with van der Waals surface area (Å²) in [4.78, 5) is 24.6. The maximum atomic E-state index is 12.0. The van der Waals surface area contributed by atoms with Crippen molar-refractivity contribution >= 4 is 23.3 Å². The molecule has 1 aromatic rings. The van der Waals surface area contributed by atoms with Crippen molar-refractivity contribution in [2.45, 2.75) is 13.3 Å². The Morgan fingerprint density at radius 3 is 2.74 bits per heavy atom. The first kappa shape index (κ1) is 13.4. The molecule has 1 aliphatic heterocycles. The fourth-order valence-corrected chi connectivity index (χ4v) is 2.30. The van der Waals surface area contributed by atoms with Gasteiger partial charge in [0.15, 0.2) is 0 Å². The van der Waals surface area contributed by atoms with Gasteiger partial charge in [0.05, 0.1) is 5.56 Å². The molecular weight excluding hydrogens is 246 g/mol. The molecule has 1 saturated heterocycles. The van der Waals surface area contributed by atoms with Crippen molar-refractivity contribution in [2.75, 3.05) is 23.7 Å². The van der Waals surface area contributed by atoms with Crippen LogP contribution in [0.2, 0.25) is 0 Å². The fraction of sp³-hybridized carbons (Fsp3) is 0.385. The van der Waals surface area contributed by atoms with E-state index in [4.69, 9.17) is 16.6 Å². The highest BCUT2D eigenvalue weighted by molar-refractivity contribution is 5.99. The number of carbonyl (C=O) groups is 2. The summed E-state index contributed by atoms with van der Waals surface area (Å²) in [5.74, 6) is -0.989. The maximum absolute atomic E-state index is 12.0. The van der Waals surface area contributed by atoms with Gasteiger partial charge in [-0.1, -0.05) is 0 Å². The number of carboxylic acids is 1. The Hall–Kier alpha value is -2.08. The van der Waals surface area contributed by atoms with Crippen molar-refractivity contribution < 1.29 is 14.7 Å². The molecule has 0 bridgehead atoms. The highest BCUT2D eigenvalue weighted by Gasteiger charge is 2.31. The summed E-state index contributed by atoms with van der Waals surface area (Å²) in [6, 6.07) is 2.90. The van der Waals surface area contributed by atoms with E-state index < -0.39 is 5.97 Å². The quantitative estimate of drug-likeness (QED) is 0.691. The Bertz CT molecular complexity index is 542. The van der Waals surface area contributed by atoms with Crippen LogP contribution in [0.15, 0.2) is 12.1 Å². The van der Waals surface area contributed by atoms with E-state index in [1.807, 2.05) is 0 Å². The lowest BCUT2D eigenvalue weighted by molar-refractivity contribution is -0.117. The number of amides is 1. The van der Waals surface area contributed by atoms with Gasteiger partial charge in [-0.25, -0.2) is 4.79 Å². The number of aromatic carboxylic acids is 1. The van der Waals surface area contributed by atoms with Crippen LogP contribution in [0.4, 0.5) is 11.4 Å². The van der Waals surface area contributed by atoms with Crippen molar-refractivity contribution in [2.24, 2.45) is 11.7 Å². The van der Waals surface area contributed by atoms with Crippen LogP contribution in [0, 0.1) is 12.8 Å². The summed E-state index contributed by atoms with van der Waals surface area (Å²) in [7, 11) is 0. The molecule has 1 heterocycles. The van der Waals surface area contributed by atoms with Crippen LogP contribution in [-0.2, 0) is 4.79 Å². The minimum atomic E-state index is -1.06. The van der Waals surface area contributed by atoms with Crippen molar-refractivity contribution in [1.82, 2.24) is 0 Å². The number of nitrogens with two attached hydrogens (primary N) is 2. The van der Waals surface area contributed by atoms with E-state index in [1.54, 1.807) is 11.8 Å². The molecule has 0 aliphatic carbocycles. The Kier molecular flexibility index (Phi) is 3.44. The third kappa shape index (κ3) is 2.39. The van der Waals surface area contributed by atoms with Gasteiger partial charge >= 0.3 is 5.97 Å². The van der Waals surface area contributed by atoms with Crippen LogP contribution in [0.1, 0.15) is 22.3 Å². The molecule has 0 radical (unpaired) electrons. The van der Waals surface area contributed by atoms with Gasteiger partial charge in [0.25, 0.3) is 0 Å². The molecule has 0 aromatic heterocycles. The van der Waals surface area contributed by atoms with Crippen LogP contribution in [0.5, 0.6) is 0 Å². The number of rotatable bonds is 3. The van der Waals surface area contributed by atoms with Crippen molar-refractivity contribution in [3.8, 4) is 0 Å². The third-order valence-corrected chi connectivity index (χ3v) is 3.50. The zero-order valence-electron chi connectivity index (χ0n) is 10.7. The average molecular weight is 263 g/mol. The van der Waals surface area contributed by atoms with Crippen LogP contribution >= 0.6 is 0 Å². The van der Waals surface area contributed by atoms with E-state index >= 15 is 0 Å². The largest absolute Gasteiger partial charge is 0.478 e. The number of hydrogen-bond acceptors (Lipinski definition) is 4. The molecule has 1 aromatic carbocycles. The summed E-state index contributed by atoms with van der Waals surface area (Å²) in [6.45, 7) is 2.73. The lowest BCUT2D eigenvalue weighted by atomic mass is 10.1. The molecule has 1 atom stereocenters. The summed E-state index contributed by atoms with van der Waals surface area (Å²) >= 11 is 0. The van der Waals surface area contributed by atoms with Gasteiger partial charge in [-0.05, 0) is 37.1 Å². The van der Waals surface area contributed by atoms with E-state index in [2.05, 4.69) is 0 Å². The van der Waals surface area contributed by atoms with Crippen LogP contribution in [0.3, 0.4) is 0 Å². The van der Waals surface area contributed by atoms with Crippen LogP contribution in [-0.4, -0.2) is 30.1 Å². The fourth-order valence-electron chi connectivity index (χ4n) is 2.30. The number of nitrogens with zero attached hydrogens (tertiary/aromatic N) is 1. The lowest BCUT2D eigenvalue weighted by Gasteiger charge is -2.20. The van der Waals surface area contributed by atoms with Gasteiger partial charge in [-0.2, -0.15) is 0 Å². The SMILES string of the molecule is Cc1c(N)cc(C(=O)O)cc1N1CC(CN)CC1=O. The van der Waals surface area contributed by atoms with E-state index in [1.165, 1.54) is 12.1 Å². The van der Waals surface area contributed by atoms with Gasteiger partial charge < -0.3 is 21.5 Å². The van der Waals surface area contributed by atoms with Crippen LogP contribution in [0.25, 0.3) is 0 Å². The average Bonchev–Trinajstić information content (AvgIpc) is 2.73. The van der Waals surface area contributed by atoms with Gasteiger partial charge in [0, 0.05) is 24.3 Å². The smallest absolute Gasteiger partial charge is 0.335 e. The number of nitrogen functional groups attached to an aromatic ring is 1. The predicted molar refractivity (Wildman–Crippen MR) is 72.1 cm³/mol. The molecule has 6 heteroatoms. The highest BCUT2D eigenvalue weighted by Crippen LogP contribution is 2.31. The first-order valence-electron chi connectivity index (χ1n) is 6.08. The minimum Gasteiger partial charge on any atom is -0.478 e. The molecule has 1 unspecified atom stereocenters. The second kappa shape index (κ2) is 4.89. The third-order valence-electron chi connectivity index (χ3n) is 3.50. The molecule has 5 N–H and O–H groups in total. The molecule has 1 amide bonds. The van der Waals surface area contributed by atoms with Gasteiger partial charge in [-0.15, -0.1) is 0 Å². The van der Waals surface area contributed by atoms with Crippen molar-refractivity contribution in [3.05, 3.63) is 23.3 Å². The molecule has 6 nitrogen and oxygen atoms in total. The van der Waals surface area contributed by atoms with Gasteiger partial charge in [-0.3, -0.25) is 4.79 Å². The Balaban J connectivity index is 2.44. The summed E-state index contributed by atoms with van der Waals surface area (Å²) in [5, 5.41) is 9.05. The number of benzene rings is 1. The molecule has 1 aliphatic rings. The zero-order chi connectivity index (χ0) is 14.2. The topological polar surface area (TPSA) is 110 Å².